The molecule has 0 saturated heterocycles. The fourth-order valence-corrected chi connectivity index (χ4v) is 5.37. The average Bonchev–Trinajstić information content (AvgIpc) is 3.49. The molecule has 3 aromatic carbocycles. The number of hydrogen-bond donors (Lipinski definition) is 1. The molecule has 8 heteroatoms. The van der Waals surface area contributed by atoms with E-state index in [4.69, 9.17) is 25.5 Å². The first-order valence-corrected chi connectivity index (χ1v) is 13.7. The molecule has 1 aliphatic heterocycles. The Hall–Kier alpha value is -4.23. The van der Waals surface area contributed by atoms with Crippen molar-refractivity contribution in [3.8, 4) is 11.5 Å². The summed E-state index contributed by atoms with van der Waals surface area (Å²) < 4.78 is 16.5. The van der Waals surface area contributed by atoms with Crippen molar-refractivity contribution < 1.29 is 28.6 Å². The highest BCUT2D eigenvalue weighted by Crippen LogP contribution is 2.41. The normalized spacial score (nSPS) is 15.6. The van der Waals surface area contributed by atoms with Crippen LogP contribution in [0.25, 0.3) is 11.0 Å². The van der Waals surface area contributed by atoms with Gasteiger partial charge < -0.3 is 23.9 Å². The highest BCUT2D eigenvalue weighted by Gasteiger charge is 2.44. The molecule has 1 amide bonds. The molecule has 0 radical (unpaired) electrons. The van der Waals surface area contributed by atoms with Crippen LogP contribution in [0.15, 0.2) is 82.5 Å². The zero-order chi connectivity index (χ0) is 29.5. The van der Waals surface area contributed by atoms with Gasteiger partial charge in [-0.1, -0.05) is 68.8 Å². The summed E-state index contributed by atoms with van der Waals surface area (Å²) in [7, 11) is 3.09. The van der Waals surface area contributed by atoms with Crippen molar-refractivity contribution in [2.45, 2.75) is 38.6 Å². The number of aliphatic hydroxyl groups is 1. The number of benzene rings is 3. The van der Waals surface area contributed by atoms with E-state index in [1.54, 1.807) is 30.2 Å². The number of hydrogen-bond acceptors (Lipinski definition) is 6. The summed E-state index contributed by atoms with van der Waals surface area (Å²) in [6.45, 7) is 6.63. The quantitative estimate of drug-likeness (QED) is 0.224. The second kappa shape index (κ2) is 11.0. The van der Waals surface area contributed by atoms with Crippen LogP contribution >= 0.6 is 11.6 Å². The van der Waals surface area contributed by atoms with Gasteiger partial charge in [0.05, 0.1) is 25.8 Å². The number of ether oxygens (including phenoxy) is 2. The van der Waals surface area contributed by atoms with E-state index >= 15 is 0 Å². The van der Waals surface area contributed by atoms with Crippen LogP contribution in [-0.2, 0) is 16.6 Å². The minimum Gasteiger partial charge on any atom is -0.503 e. The highest BCUT2D eigenvalue weighted by atomic mass is 35.5. The third kappa shape index (κ3) is 5.42. The van der Waals surface area contributed by atoms with Gasteiger partial charge in [-0.15, -0.1) is 0 Å². The monoisotopic (exact) mass is 573 g/mol. The molecule has 0 spiro atoms. The first-order chi connectivity index (χ1) is 19.5. The van der Waals surface area contributed by atoms with E-state index in [0.717, 1.165) is 16.9 Å². The number of methoxy groups -OCH3 is 2. The van der Waals surface area contributed by atoms with Crippen molar-refractivity contribution in [2.24, 2.45) is 0 Å². The fraction of sp³-hybridized carbons (Fsp3) is 0.273. The molecule has 1 aromatic heterocycles. The van der Waals surface area contributed by atoms with Crippen LogP contribution < -0.4 is 9.47 Å². The molecule has 1 aliphatic rings. The maximum Gasteiger partial charge on any atom is 0.290 e. The van der Waals surface area contributed by atoms with Crippen molar-refractivity contribution >= 4 is 34.3 Å². The fourth-order valence-electron chi connectivity index (χ4n) is 5.15. The molecular formula is C33H32ClNO6. The van der Waals surface area contributed by atoms with E-state index < -0.39 is 23.5 Å². The van der Waals surface area contributed by atoms with E-state index in [2.05, 4.69) is 20.8 Å². The Kier molecular flexibility index (Phi) is 7.58. The Labute approximate surface area is 243 Å². The SMILES string of the molecule is COc1ccc(CCN2C(=O)C(O)=C(C(=O)c3cc4cc(Cl)cc(OC)c4o3)C2c2ccc(C(C)(C)C)cc2)cc1. The van der Waals surface area contributed by atoms with Crippen LogP contribution in [0.2, 0.25) is 5.02 Å². The van der Waals surface area contributed by atoms with Crippen molar-refractivity contribution in [1.82, 2.24) is 4.90 Å². The van der Waals surface area contributed by atoms with Crippen LogP contribution in [0.1, 0.15) is 54.1 Å². The van der Waals surface area contributed by atoms with Gasteiger partial charge >= 0.3 is 0 Å². The lowest BCUT2D eigenvalue weighted by Crippen LogP contribution is -2.33. The van der Waals surface area contributed by atoms with Gasteiger partial charge in [0.25, 0.3) is 5.91 Å². The first kappa shape index (κ1) is 28.3. The van der Waals surface area contributed by atoms with E-state index in [-0.39, 0.29) is 23.3 Å². The van der Waals surface area contributed by atoms with E-state index in [9.17, 15) is 14.7 Å². The van der Waals surface area contributed by atoms with Crippen molar-refractivity contribution in [2.75, 3.05) is 20.8 Å². The third-order valence-corrected chi connectivity index (χ3v) is 7.65. The van der Waals surface area contributed by atoms with Crippen LogP contribution in [0.4, 0.5) is 0 Å². The predicted octanol–water partition coefficient (Wildman–Crippen LogP) is 7.22. The summed E-state index contributed by atoms with van der Waals surface area (Å²) in [5, 5.41) is 12.1. The number of carbonyl (C=O) groups is 2. The molecule has 7 nitrogen and oxygen atoms in total. The van der Waals surface area contributed by atoms with Gasteiger partial charge in [0.2, 0.25) is 5.78 Å². The molecule has 0 saturated carbocycles. The third-order valence-electron chi connectivity index (χ3n) is 7.43. The minimum atomic E-state index is -0.805. The number of aliphatic hydroxyl groups excluding tert-OH is 1. The van der Waals surface area contributed by atoms with E-state index in [0.29, 0.717) is 33.7 Å². The van der Waals surface area contributed by atoms with Crippen LogP contribution in [0, 0.1) is 0 Å². The number of ketones is 1. The number of nitrogens with zero attached hydrogens (tertiary/aromatic N) is 1. The highest BCUT2D eigenvalue weighted by molar-refractivity contribution is 6.31. The van der Waals surface area contributed by atoms with Gasteiger partial charge in [-0.3, -0.25) is 9.59 Å². The van der Waals surface area contributed by atoms with Gasteiger partial charge in [0, 0.05) is 23.0 Å². The van der Waals surface area contributed by atoms with Gasteiger partial charge in [0.1, 0.15) is 5.75 Å². The number of furan rings is 1. The Morgan fingerprint density at radius 2 is 1.68 bits per heavy atom. The lowest BCUT2D eigenvalue weighted by atomic mass is 9.85. The zero-order valence-corrected chi connectivity index (χ0v) is 24.4. The molecule has 5 rings (SSSR count). The van der Waals surface area contributed by atoms with Gasteiger partial charge in [0.15, 0.2) is 22.9 Å². The molecule has 1 N–H and O–H groups in total. The molecule has 1 unspecified atom stereocenters. The van der Waals surface area contributed by atoms with Crippen LogP contribution in [-0.4, -0.2) is 42.5 Å². The number of amides is 1. The summed E-state index contributed by atoms with van der Waals surface area (Å²) in [5.74, 6) is -0.685. The number of rotatable bonds is 8. The number of carbonyl (C=O) groups excluding carboxylic acids is 2. The van der Waals surface area contributed by atoms with Crippen LogP contribution in [0.3, 0.4) is 0 Å². The smallest absolute Gasteiger partial charge is 0.290 e. The number of halogens is 1. The molecule has 4 aromatic rings. The zero-order valence-electron chi connectivity index (χ0n) is 23.7. The Balaban J connectivity index is 1.54. The van der Waals surface area contributed by atoms with Crippen molar-refractivity contribution in [3.05, 3.63) is 106 Å². The Bertz CT molecular complexity index is 1640. The Morgan fingerprint density at radius 1 is 1.00 bits per heavy atom. The van der Waals surface area contributed by atoms with Gasteiger partial charge in [-0.25, -0.2) is 0 Å². The number of fused-ring (bicyclic) bond motifs is 1. The summed E-state index contributed by atoms with van der Waals surface area (Å²) in [6.07, 6.45) is 0.515. The van der Waals surface area contributed by atoms with Crippen molar-refractivity contribution in [1.29, 1.82) is 0 Å². The van der Waals surface area contributed by atoms with Crippen LogP contribution in [0.5, 0.6) is 11.5 Å². The maximum absolute atomic E-state index is 14.0. The second-order valence-corrected chi connectivity index (χ2v) is 11.5. The van der Waals surface area contributed by atoms with Gasteiger partial charge in [-0.05, 0) is 52.8 Å². The molecule has 0 fully saturated rings. The largest absolute Gasteiger partial charge is 0.503 e. The average molecular weight is 574 g/mol. The molecule has 41 heavy (non-hydrogen) atoms. The summed E-state index contributed by atoms with van der Waals surface area (Å²) >= 11 is 6.22. The maximum atomic E-state index is 14.0. The van der Waals surface area contributed by atoms with E-state index in [1.165, 1.54) is 7.11 Å². The minimum absolute atomic E-state index is 0.0248. The predicted molar refractivity (Wildman–Crippen MR) is 158 cm³/mol. The second-order valence-electron chi connectivity index (χ2n) is 11.1. The lowest BCUT2D eigenvalue weighted by molar-refractivity contribution is -0.129. The van der Waals surface area contributed by atoms with Gasteiger partial charge in [-0.2, -0.15) is 0 Å². The van der Waals surface area contributed by atoms with E-state index in [1.807, 2.05) is 48.5 Å². The Morgan fingerprint density at radius 3 is 2.29 bits per heavy atom. The molecule has 0 aliphatic carbocycles. The molecule has 1 atom stereocenters. The summed E-state index contributed by atoms with van der Waals surface area (Å²) in [6, 6.07) is 19.4. The summed E-state index contributed by atoms with van der Waals surface area (Å²) in [4.78, 5) is 29.0. The standard InChI is InChI=1S/C33H32ClNO6/c1-33(2,3)22-10-8-20(9-11-22)28-27(29(36)25-17-21-16-23(34)18-26(40-5)31(21)41-25)30(37)32(38)35(28)15-14-19-6-12-24(39-4)13-7-19/h6-13,16-18,28,37H,14-15H2,1-5H3. The first-order valence-electron chi connectivity index (χ1n) is 13.3. The molecule has 2 heterocycles. The topological polar surface area (TPSA) is 89.2 Å². The molecular weight excluding hydrogens is 542 g/mol. The van der Waals surface area contributed by atoms with Crippen molar-refractivity contribution in [3.63, 3.8) is 0 Å². The number of Topliss-reactive ketones (excluding diaryl/α,β-unsaturated/α-hetero) is 1. The molecule has 212 valence electrons. The lowest BCUT2D eigenvalue weighted by Gasteiger charge is -2.27. The summed E-state index contributed by atoms with van der Waals surface area (Å²) in [5.41, 5.74) is 3.05. The molecule has 0 bridgehead atoms.